The van der Waals surface area contributed by atoms with E-state index in [0.29, 0.717) is 40.2 Å². The van der Waals surface area contributed by atoms with E-state index in [1.807, 2.05) is 61.5 Å². The molecule has 0 fully saturated rings. The highest BCUT2D eigenvalue weighted by Gasteiger charge is 2.34. The van der Waals surface area contributed by atoms with Gasteiger partial charge in [-0.1, -0.05) is 24.3 Å². The maximum absolute atomic E-state index is 13.5. The van der Waals surface area contributed by atoms with Crippen LogP contribution < -0.4 is 20.1 Å². The fraction of sp³-hybridized carbons (Fsp3) is 0.154. The van der Waals surface area contributed by atoms with Gasteiger partial charge in [0.1, 0.15) is 17.5 Å². The Morgan fingerprint density at radius 2 is 1.77 bits per heavy atom. The van der Waals surface area contributed by atoms with Crippen molar-refractivity contribution in [2.24, 2.45) is 0 Å². The number of nitrogens with zero attached hydrogens (tertiary/aromatic N) is 4. The minimum absolute atomic E-state index is 0.235. The number of para-hydroxylation sites is 1. The lowest BCUT2D eigenvalue weighted by Crippen LogP contribution is -2.31. The summed E-state index contributed by atoms with van der Waals surface area (Å²) in [5.74, 6) is 2.00. The molecule has 0 bridgehead atoms. The van der Waals surface area contributed by atoms with Crippen molar-refractivity contribution in [2.75, 3.05) is 24.9 Å². The third kappa shape index (κ3) is 4.31. The van der Waals surface area contributed by atoms with Gasteiger partial charge in [0.05, 0.1) is 19.8 Å². The third-order valence-corrected chi connectivity index (χ3v) is 5.74. The molecule has 35 heavy (non-hydrogen) atoms. The molecule has 0 saturated carbocycles. The SMILES string of the molecule is COc1cc(OC)cc(-c2nc3n(n2)C(c2cccnc2)C(C(=O)Nc2ccccc2)=C(C)N3)c1. The van der Waals surface area contributed by atoms with Crippen molar-refractivity contribution in [2.45, 2.75) is 13.0 Å². The number of hydrogen-bond acceptors (Lipinski definition) is 7. The van der Waals surface area contributed by atoms with E-state index in [-0.39, 0.29) is 5.91 Å². The molecule has 0 radical (unpaired) electrons. The predicted octanol–water partition coefficient (Wildman–Crippen LogP) is 4.28. The van der Waals surface area contributed by atoms with Gasteiger partial charge in [0.2, 0.25) is 5.95 Å². The molecule has 0 aliphatic carbocycles. The van der Waals surface area contributed by atoms with Crippen LogP contribution in [0.2, 0.25) is 0 Å². The first-order chi connectivity index (χ1) is 17.1. The van der Waals surface area contributed by atoms with Gasteiger partial charge in [0.25, 0.3) is 5.91 Å². The van der Waals surface area contributed by atoms with Crippen LogP contribution >= 0.6 is 0 Å². The highest BCUT2D eigenvalue weighted by Crippen LogP contribution is 2.37. The number of benzene rings is 2. The molecule has 0 spiro atoms. The Morgan fingerprint density at radius 3 is 2.43 bits per heavy atom. The number of ether oxygens (including phenoxy) is 2. The van der Waals surface area contributed by atoms with Gasteiger partial charge in [-0.3, -0.25) is 9.78 Å². The summed E-state index contributed by atoms with van der Waals surface area (Å²) in [5.41, 5.74) is 3.45. The smallest absolute Gasteiger partial charge is 0.255 e. The van der Waals surface area contributed by atoms with Crippen LogP contribution in [0.1, 0.15) is 18.5 Å². The number of allylic oxidation sites excluding steroid dienone is 1. The lowest BCUT2D eigenvalue weighted by molar-refractivity contribution is -0.113. The van der Waals surface area contributed by atoms with Crippen LogP contribution in [0.15, 0.2) is 84.3 Å². The highest BCUT2D eigenvalue weighted by molar-refractivity contribution is 6.06. The molecular weight excluding hydrogens is 444 g/mol. The Balaban J connectivity index is 1.60. The summed E-state index contributed by atoms with van der Waals surface area (Å²) in [5, 5.41) is 11.0. The number of nitrogens with one attached hydrogen (secondary N) is 2. The third-order valence-electron chi connectivity index (χ3n) is 5.74. The van der Waals surface area contributed by atoms with Gasteiger partial charge in [-0.2, -0.15) is 4.98 Å². The van der Waals surface area contributed by atoms with Gasteiger partial charge >= 0.3 is 0 Å². The fourth-order valence-corrected chi connectivity index (χ4v) is 4.07. The van der Waals surface area contributed by atoms with Crippen LogP contribution in [0.25, 0.3) is 11.4 Å². The molecule has 1 amide bonds. The molecule has 1 atom stereocenters. The standard InChI is InChI=1S/C26H24N6O3/c1-16-22(25(33)29-19-9-5-4-6-10-19)23(17-8-7-11-27-15-17)32-26(28-16)30-24(31-32)18-12-20(34-2)14-21(13-18)35-3/h4-15,23H,1-3H3,(H,29,33)(H,28,30,31). The summed E-state index contributed by atoms with van der Waals surface area (Å²) in [6, 6.07) is 18.0. The van der Waals surface area contributed by atoms with Crippen molar-refractivity contribution in [1.29, 1.82) is 0 Å². The second-order valence-corrected chi connectivity index (χ2v) is 7.98. The second kappa shape index (κ2) is 9.30. The lowest BCUT2D eigenvalue weighted by atomic mass is 9.96. The van der Waals surface area contributed by atoms with Crippen LogP contribution in [0.5, 0.6) is 11.5 Å². The first-order valence-corrected chi connectivity index (χ1v) is 11.0. The topological polar surface area (TPSA) is 103 Å². The van der Waals surface area contributed by atoms with E-state index in [0.717, 1.165) is 11.1 Å². The molecular formula is C26H24N6O3. The maximum Gasteiger partial charge on any atom is 0.255 e. The van der Waals surface area contributed by atoms with Crippen molar-refractivity contribution in [3.05, 3.63) is 89.9 Å². The summed E-state index contributed by atoms with van der Waals surface area (Å²) in [7, 11) is 3.18. The molecule has 2 aromatic carbocycles. The fourth-order valence-electron chi connectivity index (χ4n) is 4.07. The molecule has 9 nitrogen and oxygen atoms in total. The summed E-state index contributed by atoms with van der Waals surface area (Å²) >= 11 is 0. The highest BCUT2D eigenvalue weighted by atomic mass is 16.5. The zero-order chi connectivity index (χ0) is 24.4. The molecule has 4 aromatic rings. The minimum Gasteiger partial charge on any atom is -0.497 e. The average Bonchev–Trinajstić information content (AvgIpc) is 3.32. The summed E-state index contributed by atoms with van der Waals surface area (Å²) < 4.78 is 12.5. The van der Waals surface area contributed by atoms with E-state index in [1.165, 1.54) is 0 Å². The van der Waals surface area contributed by atoms with Crippen molar-refractivity contribution in [3.8, 4) is 22.9 Å². The van der Waals surface area contributed by atoms with Crippen LogP contribution in [0.3, 0.4) is 0 Å². The van der Waals surface area contributed by atoms with Crippen molar-refractivity contribution >= 4 is 17.5 Å². The molecule has 5 rings (SSSR count). The quantitative estimate of drug-likeness (QED) is 0.435. The van der Waals surface area contributed by atoms with E-state index < -0.39 is 6.04 Å². The Kier molecular flexibility index (Phi) is 5.88. The van der Waals surface area contributed by atoms with Crippen molar-refractivity contribution < 1.29 is 14.3 Å². The first-order valence-electron chi connectivity index (χ1n) is 11.0. The van der Waals surface area contributed by atoms with Gasteiger partial charge in [0.15, 0.2) is 5.82 Å². The zero-order valence-corrected chi connectivity index (χ0v) is 19.5. The number of carbonyl (C=O) groups is 1. The maximum atomic E-state index is 13.5. The van der Waals surface area contributed by atoms with E-state index in [2.05, 4.69) is 15.6 Å². The van der Waals surface area contributed by atoms with Crippen LogP contribution in [-0.2, 0) is 4.79 Å². The number of pyridine rings is 1. The normalized spacial score (nSPS) is 14.7. The number of hydrogen-bond donors (Lipinski definition) is 2. The first kappa shape index (κ1) is 22.1. The molecule has 176 valence electrons. The lowest BCUT2D eigenvalue weighted by Gasteiger charge is -2.28. The molecule has 0 saturated heterocycles. The monoisotopic (exact) mass is 468 g/mol. The van der Waals surface area contributed by atoms with Gasteiger partial charge in [0, 0.05) is 35.4 Å². The van der Waals surface area contributed by atoms with Gasteiger partial charge < -0.3 is 20.1 Å². The molecule has 9 heteroatoms. The molecule has 1 unspecified atom stereocenters. The van der Waals surface area contributed by atoms with Gasteiger partial charge in [-0.05, 0) is 42.8 Å². The molecule has 2 N–H and O–H groups in total. The number of anilines is 2. The Bertz CT molecular complexity index is 1380. The molecule has 2 aromatic heterocycles. The Morgan fingerprint density at radius 1 is 1.03 bits per heavy atom. The average molecular weight is 469 g/mol. The van der Waals surface area contributed by atoms with Gasteiger partial charge in [-0.15, -0.1) is 5.10 Å². The number of fused-ring (bicyclic) bond motifs is 1. The molecule has 3 heterocycles. The Labute approximate surface area is 202 Å². The van der Waals surface area contributed by atoms with Crippen LogP contribution in [0, 0.1) is 0 Å². The Hall–Kier alpha value is -4.66. The summed E-state index contributed by atoms with van der Waals surface area (Å²) in [4.78, 5) is 22.5. The number of aromatic nitrogens is 4. The largest absolute Gasteiger partial charge is 0.497 e. The van der Waals surface area contributed by atoms with E-state index in [1.54, 1.807) is 37.4 Å². The molecule has 1 aliphatic heterocycles. The van der Waals surface area contributed by atoms with E-state index in [9.17, 15) is 4.79 Å². The van der Waals surface area contributed by atoms with Crippen molar-refractivity contribution in [1.82, 2.24) is 19.7 Å². The predicted molar refractivity (Wildman–Crippen MR) is 132 cm³/mol. The summed E-state index contributed by atoms with van der Waals surface area (Å²) in [6.45, 7) is 1.86. The number of methoxy groups -OCH3 is 2. The number of carbonyl (C=O) groups excluding carboxylic acids is 1. The molecule has 1 aliphatic rings. The van der Waals surface area contributed by atoms with E-state index >= 15 is 0 Å². The zero-order valence-electron chi connectivity index (χ0n) is 19.5. The summed E-state index contributed by atoms with van der Waals surface area (Å²) in [6.07, 6.45) is 3.43. The van der Waals surface area contributed by atoms with Crippen LogP contribution in [0.4, 0.5) is 11.6 Å². The minimum atomic E-state index is -0.530. The van der Waals surface area contributed by atoms with Crippen LogP contribution in [-0.4, -0.2) is 39.9 Å². The second-order valence-electron chi connectivity index (χ2n) is 7.98. The van der Waals surface area contributed by atoms with E-state index in [4.69, 9.17) is 19.6 Å². The van der Waals surface area contributed by atoms with Gasteiger partial charge in [-0.25, -0.2) is 4.68 Å². The van der Waals surface area contributed by atoms with Crippen molar-refractivity contribution in [3.63, 3.8) is 0 Å². The number of amides is 1. The number of rotatable bonds is 6.